The summed E-state index contributed by atoms with van der Waals surface area (Å²) in [6.07, 6.45) is 1.58. The van der Waals surface area contributed by atoms with Gasteiger partial charge in [0, 0.05) is 50.1 Å². The Balaban J connectivity index is 1.38. The van der Waals surface area contributed by atoms with Crippen molar-refractivity contribution in [1.29, 1.82) is 0 Å². The topological polar surface area (TPSA) is 76.2 Å². The van der Waals surface area contributed by atoms with E-state index in [1.807, 2.05) is 4.90 Å². The first kappa shape index (κ1) is 18.1. The molecule has 0 radical (unpaired) electrons. The summed E-state index contributed by atoms with van der Waals surface area (Å²) in [7, 11) is 0. The van der Waals surface area contributed by atoms with Gasteiger partial charge in [0.15, 0.2) is 11.6 Å². The number of amides is 2. The predicted molar refractivity (Wildman–Crippen MR) is 97.4 cm³/mol. The van der Waals surface area contributed by atoms with Crippen molar-refractivity contribution in [1.82, 2.24) is 4.90 Å². The maximum atomic E-state index is 12.9. The Morgan fingerprint density at radius 1 is 1.07 bits per heavy atom. The molecule has 3 fully saturated rings. The summed E-state index contributed by atoms with van der Waals surface area (Å²) in [6, 6.07) is 6.96. The summed E-state index contributed by atoms with van der Waals surface area (Å²) < 4.78 is 11.4. The van der Waals surface area contributed by atoms with Gasteiger partial charge < -0.3 is 19.3 Å². The monoisotopic (exact) mass is 372 g/mol. The molecular weight excluding hydrogens is 348 g/mol. The number of carbonyl (C=O) groups is 3. The van der Waals surface area contributed by atoms with Crippen molar-refractivity contribution < 1.29 is 23.9 Å². The van der Waals surface area contributed by atoms with E-state index >= 15 is 0 Å². The second-order valence-corrected chi connectivity index (χ2v) is 7.44. The number of ketones is 1. The van der Waals surface area contributed by atoms with E-state index < -0.39 is 5.79 Å². The highest BCUT2D eigenvalue weighted by Gasteiger charge is 2.43. The van der Waals surface area contributed by atoms with Gasteiger partial charge in [-0.25, -0.2) is 0 Å². The third kappa shape index (κ3) is 3.49. The molecule has 1 aromatic rings. The van der Waals surface area contributed by atoms with E-state index in [0.717, 1.165) is 5.69 Å². The maximum Gasteiger partial charge on any atom is 0.228 e. The van der Waals surface area contributed by atoms with Crippen LogP contribution in [0.5, 0.6) is 0 Å². The fourth-order valence-corrected chi connectivity index (χ4v) is 4.11. The molecule has 3 aliphatic heterocycles. The Morgan fingerprint density at radius 3 is 2.30 bits per heavy atom. The fraction of sp³-hybridized carbons (Fsp3) is 0.550. The average Bonchev–Trinajstić information content (AvgIpc) is 3.29. The molecule has 27 heavy (non-hydrogen) atoms. The molecule has 0 bridgehead atoms. The Morgan fingerprint density at radius 2 is 1.70 bits per heavy atom. The van der Waals surface area contributed by atoms with Crippen LogP contribution in [0.4, 0.5) is 5.69 Å². The first-order valence-corrected chi connectivity index (χ1v) is 9.45. The summed E-state index contributed by atoms with van der Waals surface area (Å²) in [4.78, 5) is 40.2. The first-order valence-electron chi connectivity index (χ1n) is 9.45. The standard InChI is InChI=1S/C20H24N2O5/c1-14(23)15-2-4-17(5-3-15)22-13-16(12-18(22)24)19(25)21-8-6-20(7-9-21)26-10-11-27-20/h2-5,16H,6-13H2,1H3. The number of piperidine rings is 1. The van der Waals surface area contributed by atoms with Crippen molar-refractivity contribution in [3.8, 4) is 0 Å². The Bertz CT molecular complexity index is 744. The number of Topliss-reactive ketones (excluding diaryl/α,β-unsaturated/α-hetero) is 1. The fourth-order valence-electron chi connectivity index (χ4n) is 4.11. The highest BCUT2D eigenvalue weighted by Crippen LogP contribution is 2.33. The maximum absolute atomic E-state index is 12.9. The van der Waals surface area contributed by atoms with Crippen LogP contribution in [-0.2, 0) is 19.1 Å². The normalized spacial score (nSPS) is 24.6. The summed E-state index contributed by atoms with van der Waals surface area (Å²) in [5.74, 6) is -0.879. The molecule has 7 nitrogen and oxygen atoms in total. The number of hydrogen-bond donors (Lipinski definition) is 0. The molecule has 144 valence electrons. The van der Waals surface area contributed by atoms with Gasteiger partial charge in [0.05, 0.1) is 19.1 Å². The largest absolute Gasteiger partial charge is 0.347 e. The molecule has 4 rings (SSSR count). The lowest BCUT2D eigenvalue weighted by Crippen LogP contribution is -2.49. The number of hydrogen-bond acceptors (Lipinski definition) is 5. The van der Waals surface area contributed by atoms with Crippen molar-refractivity contribution in [3.63, 3.8) is 0 Å². The van der Waals surface area contributed by atoms with Crippen molar-refractivity contribution in [3.05, 3.63) is 29.8 Å². The van der Waals surface area contributed by atoms with Gasteiger partial charge >= 0.3 is 0 Å². The second kappa shape index (κ2) is 7.05. The quantitative estimate of drug-likeness (QED) is 0.754. The molecule has 1 unspecified atom stereocenters. The third-order valence-electron chi connectivity index (χ3n) is 5.71. The Labute approximate surface area is 158 Å². The van der Waals surface area contributed by atoms with E-state index in [1.54, 1.807) is 29.2 Å². The van der Waals surface area contributed by atoms with Crippen molar-refractivity contribution in [2.24, 2.45) is 5.92 Å². The second-order valence-electron chi connectivity index (χ2n) is 7.44. The van der Waals surface area contributed by atoms with Gasteiger partial charge in [0.1, 0.15) is 0 Å². The van der Waals surface area contributed by atoms with E-state index in [2.05, 4.69) is 0 Å². The zero-order valence-electron chi connectivity index (χ0n) is 15.5. The van der Waals surface area contributed by atoms with Crippen LogP contribution < -0.4 is 4.90 Å². The molecule has 0 N–H and O–H groups in total. The van der Waals surface area contributed by atoms with Crippen LogP contribution in [0.3, 0.4) is 0 Å². The molecule has 0 saturated carbocycles. The van der Waals surface area contributed by atoms with Gasteiger partial charge in [-0.15, -0.1) is 0 Å². The molecule has 1 aromatic carbocycles. The molecule has 0 aliphatic carbocycles. The van der Waals surface area contributed by atoms with Crippen LogP contribution in [0.25, 0.3) is 0 Å². The average molecular weight is 372 g/mol. The van der Waals surface area contributed by atoms with Crippen LogP contribution in [0, 0.1) is 5.92 Å². The smallest absolute Gasteiger partial charge is 0.228 e. The highest BCUT2D eigenvalue weighted by molar-refractivity contribution is 6.01. The van der Waals surface area contributed by atoms with Gasteiger partial charge in [-0.3, -0.25) is 14.4 Å². The van der Waals surface area contributed by atoms with Crippen LogP contribution >= 0.6 is 0 Å². The number of carbonyl (C=O) groups excluding carboxylic acids is 3. The number of likely N-dealkylation sites (tertiary alicyclic amines) is 1. The molecule has 2 amide bonds. The van der Waals surface area contributed by atoms with Gasteiger partial charge in [-0.05, 0) is 31.2 Å². The van der Waals surface area contributed by atoms with E-state index in [0.29, 0.717) is 51.3 Å². The minimum atomic E-state index is -0.507. The molecule has 3 aliphatic rings. The van der Waals surface area contributed by atoms with E-state index in [1.165, 1.54) is 6.92 Å². The van der Waals surface area contributed by atoms with Crippen LogP contribution in [0.15, 0.2) is 24.3 Å². The molecular formula is C20H24N2O5. The summed E-state index contributed by atoms with van der Waals surface area (Å²) in [6.45, 7) is 4.30. The molecule has 3 saturated heterocycles. The lowest BCUT2D eigenvalue weighted by atomic mass is 10.0. The molecule has 1 spiro atoms. The zero-order valence-corrected chi connectivity index (χ0v) is 15.5. The summed E-state index contributed by atoms with van der Waals surface area (Å²) in [5.41, 5.74) is 1.34. The van der Waals surface area contributed by atoms with Crippen molar-refractivity contribution >= 4 is 23.3 Å². The van der Waals surface area contributed by atoms with Gasteiger partial charge in [-0.1, -0.05) is 0 Å². The minimum absolute atomic E-state index is 0.0135. The predicted octanol–water partition coefficient (Wildman–Crippen LogP) is 1.61. The molecule has 0 aromatic heterocycles. The van der Waals surface area contributed by atoms with Crippen molar-refractivity contribution in [2.75, 3.05) is 37.7 Å². The zero-order chi connectivity index (χ0) is 19.0. The number of anilines is 1. The highest BCUT2D eigenvalue weighted by atomic mass is 16.7. The third-order valence-corrected chi connectivity index (χ3v) is 5.71. The lowest BCUT2D eigenvalue weighted by molar-refractivity contribution is -0.188. The summed E-state index contributed by atoms with van der Waals surface area (Å²) >= 11 is 0. The van der Waals surface area contributed by atoms with Crippen molar-refractivity contribution in [2.45, 2.75) is 32.0 Å². The Kier molecular flexibility index (Phi) is 4.74. The van der Waals surface area contributed by atoms with Crippen LogP contribution in [-0.4, -0.2) is 61.1 Å². The van der Waals surface area contributed by atoms with Crippen LogP contribution in [0.1, 0.15) is 36.5 Å². The van der Waals surface area contributed by atoms with Gasteiger partial charge in [0.2, 0.25) is 11.8 Å². The van der Waals surface area contributed by atoms with E-state index in [-0.39, 0.29) is 29.9 Å². The number of benzene rings is 1. The van der Waals surface area contributed by atoms with E-state index in [4.69, 9.17) is 9.47 Å². The SMILES string of the molecule is CC(=O)c1ccc(N2CC(C(=O)N3CCC4(CC3)OCCO4)CC2=O)cc1. The van der Waals surface area contributed by atoms with Gasteiger partial charge in [0.25, 0.3) is 0 Å². The molecule has 3 heterocycles. The van der Waals surface area contributed by atoms with Gasteiger partial charge in [-0.2, -0.15) is 0 Å². The minimum Gasteiger partial charge on any atom is -0.347 e. The summed E-state index contributed by atoms with van der Waals surface area (Å²) in [5, 5.41) is 0. The van der Waals surface area contributed by atoms with Crippen LogP contribution in [0.2, 0.25) is 0 Å². The molecule has 7 heteroatoms. The Hall–Kier alpha value is -2.25. The number of nitrogens with zero attached hydrogens (tertiary/aromatic N) is 2. The molecule has 1 atom stereocenters. The lowest BCUT2D eigenvalue weighted by Gasteiger charge is -2.38. The number of ether oxygens (including phenoxy) is 2. The first-order chi connectivity index (χ1) is 13.0. The number of rotatable bonds is 3. The van der Waals surface area contributed by atoms with E-state index in [9.17, 15) is 14.4 Å².